The molecule has 1 aromatic rings. The summed E-state index contributed by atoms with van der Waals surface area (Å²) < 4.78 is 0. The van der Waals surface area contributed by atoms with Crippen molar-refractivity contribution < 1.29 is 5.11 Å². The van der Waals surface area contributed by atoms with Gasteiger partial charge in [-0.3, -0.25) is 0 Å². The smallest absolute Gasteiger partial charge is 0.115 e. The lowest BCUT2D eigenvalue weighted by atomic mass is 10.1. The second-order valence-electron chi connectivity index (χ2n) is 3.91. The number of rotatable bonds is 3. The Morgan fingerprint density at radius 2 is 2.40 bits per heavy atom. The summed E-state index contributed by atoms with van der Waals surface area (Å²) in [6.07, 6.45) is 1.17. The van der Waals surface area contributed by atoms with Crippen molar-refractivity contribution in [2.45, 2.75) is 24.6 Å². The summed E-state index contributed by atoms with van der Waals surface area (Å²) >= 11 is 1.98. The van der Waals surface area contributed by atoms with Crippen molar-refractivity contribution in [1.29, 1.82) is 0 Å². The van der Waals surface area contributed by atoms with Gasteiger partial charge in [0.05, 0.1) is 0 Å². The largest absolute Gasteiger partial charge is 0.508 e. The summed E-state index contributed by atoms with van der Waals surface area (Å²) in [5.41, 5.74) is 1.25. The van der Waals surface area contributed by atoms with E-state index in [1.165, 1.54) is 17.7 Å². The Kier molecular flexibility index (Phi) is 3.54. The number of aromatic hydroxyl groups is 1. The predicted molar refractivity (Wildman–Crippen MR) is 65.4 cm³/mol. The number of benzene rings is 1. The number of hydrogen-bond acceptors (Lipinski definition) is 3. The third-order valence-corrected chi connectivity index (χ3v) is 4.19. The molecule has 2 nitrogen and oxygen atoms in total. The number of phenolic OH excluding ortho intramolecular Hbond substituents is 1. The van der Waals surface area contributed by atoms with Gasteiger partial charge in [0, 0.05) is 17.0 Å². The Balaban J connectivity index is 2.01. The van der Waals surface area contributed by atoms with Crippen LogP contribution in [0, 0.1) is 0 Å². The van der Waals surface area contributed by atoms with Gasteiger partial charge in [0.15, 0.2) is 0 Å². The molecule has 2 N–H and O–H groups in total. The SMILES string of the molecule is CCNC1CS[C@@H](c2cccc(O)c2)C1. The van der Waals surface area contributed by atoms with Gasteiger partial charge in [0.2, 0.25) is 0 Å². The summed E-state index contributed by atoms with van der Waals surface area (Å²) in [4.78, 5) is 0. The lowest BCUT2D eigenvalue weighted by molar-refractivity contribution is 0.474. The molecule has 0 aromatic heterocycles. The first-order valence-corrected chi connectivity index (χ1v) is 6.48. The van der Waals surface area contributed by atoms with E-state index < -0.39 is 0 Å². The molecule has 0 amide bonds. The molecule has 82 valence electrons. The van der Waals surface area contributed by atoms with Crippen molar-refractivity contribution in [1.82, 2.24) is 5.32 Å². The van der Waals surface area contributed by atoms with Gasteiger partial charge in [0.25, 0.3) is 0 Å². The van der Waals surface area contributed by atoms with Crippen molar-refractivity contribution in [3.63, 3.8) is 0 Å². The van der Waals surface area contributed by atoms with E-state index in [1.54, 1.807) is 6.07 Å². The zero-order valence-electron chi connectivity index (χ0n) is 8.94. The van der Waals surface area contributed by atoms with Crippen molar-refractivity contribution in [3.8, 4) is 5.75 Å². The van der Waals surface area contributed by atoms with E-state index in [4.69, 9.17) is 0 Å². The average Bonchev–Trinajstić information content (AvgIpc) is 2.67. The monoisotopic (exact) mass is 223 g/mol. The van der Waals surface area contributed by atoms with E-state index in [9.17, 15) is 5.11 Å². The van der Waals surface area contributed by atoms with E-state index in [0.717, 1.165) is 6.54 Å². The zero-order chi connectivity index (χ0) is 10.7. The predicted octanol–water partition coefficient (Wildman–Crippen LogP) is 2.55. The molecule has 0 saturated carbocycles. The maximum absolute atomic E-state index is 9.42. The van der Waals surface area contributed by atoms with E-state index in [1.807, 2.05) is 23.9 Å². The average molecular weight is 223 g/mol. The molecule has 15 heavy (non-hydrogen) atoms. The van der Waals surface area contributed by atoms with Gasteiger partial charge in [-0.1, -0.05) is 19.1 Å². The Morgan fingerprint density at radius 3 is 3.13 bits per heavy atom. The fourth-order valence-corrected chi connectivity index (χ4v) is 3.44. The summed E-state index contributed by atoms with van der Waals surface area (Å²) in [6, 6.07) is 8.27. The second kappa shape index (κ2) is 4.90. The molecule has 2 atom stereocenters. The highest BCUT2D eigenvalue weighted by Crippen LogP contribution is 2.40. The van der Waals surface area contributed by atoms with Gasteiger partial charge in [-0.2, -0.15) is 11.8 Å². The van der Waals surface area contributed by atoms with Crippen molar-refractivity contribution in [3.05, 3.63) is 29.8 Å². The van der Waals surface area contributed by atoms with Gasteiger partial charge in [-0.05, 0) is 30.7 Å². The van der Waals surface area contributed by atoms with Crippen LogP contribution in [0.15, 0.2) is 24.3 Å². The number of thioether (sulfide) groups is 1. The van der Waals surface area contributed by atoms with Crippen molar-refractivity contribution >= 4 is 11.8 Å². The van der Waals surface area contributed by atoms with Crippen LogP contribution in [-0.4, -0.2) is 23.4 Å². The molecule has 0 aliphatic carbocycles. The van der Waals surface area contributed by atoms with Crippen LogP contribution in [0.4, 0.5) is 0 Å². The lowest BCUT2D eigenvalue weighted by Crippen LogP contribution is -2.28. The minimum absolute atomic E-state index is 0.375. The molecule has 1 aliphatic heterocycles. The van der Waals surface area contributed by atoms with Gasteiger partial charge in [0.1, 0.15) is 5.75 Å². The van der Waals surface area contributed by atoms with Crippen LogP contribution in [0.5, 0.6) is 5.75 Å². The first kappa shape index (κ1) is 10.8. The standard InChI is InChI=1S/C12H17NOS/c1-2-13-10-7-12(15-8-10)9-4-3-5-11(14)6-9/h3-6,10,12-14H,2,7-8H2,1H3/t10?,12-/m1/s1. The third kappa shape index (κ3) is 2.67. The number of hydrogen-bond donors (Lipinski definition) is 2. The van der Waals surface area contributed by atoms with Gasteiger partial charge >= 0.3 is 0 Å². The first-order chi connectivity index (χ1) is 7.29. The van der Waals surface area contributed by atoms with Crippen LogP contribution in [0.3, 0.4) is 0 Å². The third-order valence-electron chi connectivity index (χ3n) is 2.73. The van der Waals surface area contributed by atoms with E-state index in [0.29, 0.717) is 17.0 Å². The maximum Gasteiger partial charge on any atom is 0.115 e. The fraction of sp³-hybridized carbons (Fsp3) is 0.500. The van der Waals surface area contributed by atoms with Crippen LogP contribution in [0.25, 0.3) is 0 Å². The van der Waals surface area contributed by atoms with Gasteiger partial charge in [-0.15, -0.1) is 0 Å². The van der Waals surface area contributed by atoms with Crippen LogP contribution >= 0.6 is 11.8 Å². The van der Waals surface area contributed by atoms with E-state index in [-0.39, 0.29) is 0 Å². The molecule has 0 spiro atoms. The minimum Gasteiger partial charge on any atom is -0.508 e. The highest BCUT2D eigenvalue weighted by atomic mass is 32.2. The highest BCUT2D eigenvalue weighted by molar-refractivity contribution is 7.99. The molecule has 2 rings (SSSR count). The fourth-order valence-electron chi connectivity index (χ4n) is 2.02. The normalized spacial score (nSPS) is 25.7. The summed E-state index contributed by atoms with van der Waals surface area (Å²) in [6.45, 7) is 3.18. The maximum atomic E-state index is 9.42. The number of nitrogens with one attached hydrogen (secondary N) is 1. The van der Waals surface area contributed by atoms with E-state index in [2.05, 4.69) is 18.3 Å². The van der Waals surface area contributed by atoms with Gasteiger partial charge < -0.3 is 10.4 Å². The molecule has 1 saturated heterocycles. The molecule has 0 radical (unpaired) electrons. The Morgan fingerprint density at radius 1 is 1.53 bits per heavy atom. The highest BCUT2D eigenvalue weighted by Gasteiger charge is 2.25. The topological polar surface area (TPSA) is 32.3 Å². The quantitative estimate of drug-likeness (QED) is 0.826. The van der Waals surface area contributed by atoms with Crippen LogP contribution in [0.1, 0.15) is 24.2 Å². The molecule has 1 unspecified atom stereocenters. The molecule has 1 aromatic carbocycles. The van der Waals surface area contributed by atoms with Crippen molar-refractivity contribution in [2.24, 2.45) is 0 Å². The van der Waals surface area contributed by atoms with E-state index >= 15 is 0 Å². The Hall–Kier alpha value is -0.670. The summed E-state index contributed by atoms with van der Waals surface area (Å²) in [7, 11) is 0. The Bertz CT molecular complexity index is 329. The molecule has 0 bridgehead atoms. The molecule has 1 aliphatic rings. The minimum atomic E-state index is 0.375. The molecule has 3 heteroatoms. The Labute approximate surface area is 95.1 Å². The van der Waals surface area contributed by atoms with Gasteiger partial charge in [-0.25, -0.2) is 0 Å². The molecular formula is C12H17NOS. The second-order valence-corrected chi connectivity index (χ2v) is 5.14. The zero-order valence-corrected chi connectivity index (χ0v) is 9.76. The summed E-state index contributed by atoms with van der Waals surface area (Å²) in [5.74, 6) is 1.55. The first-order valence-electron chi connectivity index (χ1n) is 5.43. The summed E-state index contributed by atoms with van der Waals surface area (Å²) in [5, 5.41) is 13.4. The molecule has 1 fully saturated rings. The number of phenols is 1. The van der Waals surface area contributed by atoms with Crippen LogP contribution in [0.2, 0.25) is 0 Å². The molecule has 1 heterocycles. The van der Waals surface area contributed by atoms with Crippen LogP contribution < -0.4 is 5.32 Å². The van der Waals surface area contributed by atoms with Crippen molar-refractivity contribution in [2.75, 3.05) is 12.3 Å². The molecular weight excluding hydrogens is 206 g/mol. The van der Waals surface area contributed by atoms with Crippen LogP contribution in [-0.2, 0) is 0 Å². The lowest BCUT2D eigenvalue weighted by Gasteiger charge is -2.11.